The largest absolute Gasteiger partial charge is 0.372 e. The van der Waals surface area contributed by atoms with Crippen molar-refractivity contribution in [3.05, 3.63) is 82.1 Å². The van der Waals surface area contributed by atoms with E-state index in [4.69, 9.17) is 4.74 Å². The summed E-state index contributed by atoms with van der Waals surface area (Å²) in [5.74, 6) is -0.0466. The van der Waals surface area contributed by atoms with Crippen LogP contribution in [0.15, 0.2) is 65.5 Å². The Morgan fingerprint density at radius 3 is 2.33 bits per heavy atom. The highest BCUT2D eigenvalue weighted by Crippen LogP contribution is 2.35. The van der Waals surface area contributed by atoms with Gasteiger partial charge in [0.15, 0.2) is 0 Å². The van der Waals surface area contributed by atoms with Crippen molar-refractivity contribution in [1.29, 1.82) is 0 Å². The van der Waals surface area contributed by atoms with Crippen LogP contribution in [-0.4, -0.2) is 40.7 Å². The molecular formula is C25H24N2O3. The third-order valence-corrected chi connectivity index (χ3v) is 5.91. The van der Waals surface area contributed by atoms with Gasteiger partial charge in [0.1, 0.15) is 0 Å². The fourth-order valence-corrected chi connectivity index (χ4v) is 4.67. The van der Waals surface area contributed by atoms with E-state index in [1.54, 1.807) is 10.6 Å². The summed E-state index contributed by atoms with van der Waals surface area (Å²) in [6.07, 6.45) is -0.0314. The summed E-state index contributed by atoms with van der Waals surface area (Å²) in [4.78, 5) is 29.0. The number of benzene rings is 2. The molecule has 1 fully saturated rings. The van der Waals surface area contributed by atoms with Gasteiger partial charge in [-0.25, -0.2) is 0 Å². The first-order chi connectivity index (χ1) is 14.5. The molecule has 2 atom stereocenters. The Kier molecular flexibility index (Phi) is 4.55. The number of hydrogen-bond acceptors (Lipinski definition) is 3. The Morgan fingerprint density at radius 2 is 1.60 bits per heavy atom. The van der Waals surface area contributed by atoms with E-state index in [0.717, 1.165) is 22.4 Å². The highest BCUT2D eigenvalue weighted by atomic mass is 16.5. The molecule has 2 aromatic carbocycles. The SMILES string of the molecule is C[C@@H]1CN(C(=O)c2cc(-c3ccccc3)c(=O)n3c2-c2ccccc2C3)C[C@H](C)O1. The molecule has 30 heavy (non-hydrogen) atoms. The van der Waals surface area contributed by atoms with E-state index >= 15 is 0 Å². The van der Waals surface area contributed by atoms with Gasteiger partial charge in [-0.1, -0.05) is 54.6 Å². The predicted octanol–water partition coefficient (Wildman–Crippen LogP) is 3.79. The van der Waals surface area contributed by atoms with E-state index in [-0.39, 0.29) is 23.7 Å². The van der Waals surface area contributed by atoms with Crippen LogP contribution >= 0.6 is 0 Å². The van der Waals surface area contributed by atoms with E-state index in [2.05, 4.69) is 0 Å². The topological polar surface area (TPSA) is 51.5 Å². The van der Waals surface area contributed by atoms with Crippen LogP contribution in [0.5, 0.6) is 0 Å². The Balaban J connectivity index is 1.71. The minimum absolute atomic E-state index is 0.0157. The first kappa shape index (κ1) is 18.8. The number of rotatable bonds is 2. The van der Waals surface area contributed by atoms with Crippen LogP contribution in [0.3, 0.4) is 0 Å². The highest BCUT2D eigenvalue weighted by molar-refractivity contribution is 6.02. The Labute approximate surface area is 175 Å². The van der Waals surface area contributed by atoms with Crippen LogP contribution in [0.2, 0.25) is 0 Å². The van der Waals surface area contributed by atoms with Gasteiger partial charge in [-0.2, -0.15) is 0 Å². The molecule has 0 radical (unpaired) electrons. The van der Waals surface area contributed by atoms with Crippen molar-refractivity contribution >= 4 is 5.91 Å². The molecule has 1 amide bonds. The number of morpholine rings is 1. The molecule has 5 rings (SSSR count). The first-order valence-corrected chi connectivity index (χ1v) is 10.4. The minimum atomic E-state index is -0.0623. The monoisotopic (exact) mass is 400 g/mol. The maximum Gasteiger partial charge on any atom is 0.259 e. The number of carbonyl (C=O) groups is 1. The summed E-state index contributed by atoms with van der Waals surface area (Å²) >= 11 is 0. The smallest absolute Gasteiger partial charge is 0.259 e. The molecule has 1 aromatic heterocycles. The van der Waals surface area contributed by atoms with Gasteiger partial charge in [-0.15, -0.1) is 0 Å². The van der Waals surface area contributed by atoms with E-state index in [9.17, 15) is 9.59 Å². The third-order valence-electron chi connectivity index (χ3n) is 5.91. The van der Waals surface area contributed by atoms with Gasteiger partial charge >= 0.3 is 0 Å². The van der Waals surface area contributed by atoms with Gasteiger partial charge in [0, 0.05) is 24.2 Å². The Hall–Kier alpha value is -3.18. The average Bonchev–Trinajstić information content (AvgIpc) is 3.14. The average molecular weight is 400 g/mol. The van der Waals surface area contributed by atoms with Crippen LogP contribution in [0.4, 0.5) is 0 Å². The highest BCUT2D eigenvalue weighted by Gasteiger charge is 2.32. The third kappa shape index (κ3) is 3.06. The van der Waals surface area contributed by atoms with Crippen molar-refractivity contribution in [2.24, 2.45) is 0 Å². The molecule has 3 heterocycles. The van der Waals surface area contributed by atoms with Gasteiger partial charge in [0.25, 0.3) is 11.5 Å². The summed E-state index contributed by atoms with van der Waals surface area (Å²) in [5.41, 5.74) is 4.67. The normalized spacial score (nSPS) is 20.0. The molecule has 2 aliphatic heterocycles. The van der Waals surface area contributed by atoms with Gasteiger partial charge in [0.05, 0.1) is 30.0 Å². The maximum atomic E-state index is 13.7. The predicted molar refractivity (Wildman–Crippen MR) is 117 cm³/mol. The summed E-state index contributed by atoms with van der Waals surface area (Å²) < 4.78 is 7.57. The van der Waals surface area contributed by atoms with Gasteiger partial charge in [0.2, 0.25) is 0 Å². The van der Waals surface area contributed by atoms with Crippen molar-refractivity contribution in [3.8, 4) is 22.4 Å². The zero-order chi connectivity index (χ0) is 20.8. The number of amides is 1. The molecule has 5 heteroatoms. The lowest BCUT2D eigenvalue weighted by atomic mass is 9.99. The molecule has 0 unspecified atom stereocenters. The molecule has 5 nitrogen and oxygen atoms in total. The van der Waals surface area contributed by atoms with E-state index in [1.165, 1.54) is 0 Å². The summed E-state index contributed by atoms with van der Waals surface area (Å²) in [6.45, 7) is 5.55. The van der Waals surface area contributed by atoms with Crippen LogP contribution in [0, 0.1) is 0 Å². The first-order valence-electron chi connectivity index (χ1n) is 10.4. The van der Waals surface area contributed by atoms with E-state index < -0.39 is 0 Å². The number of pyridine rings is 1. The Morgan fingerprint density at radius 1 is 0.933 bits per heavy atom. The molecule has 3 aromatic rings. The lowest BCUT2D eigenvalue weighted by Gasteiger charge is -2.35. The van der Waals surface area contributed by atoms with Crippen molar-refractivity contribution in [1.82, 2.24) is 9.47 Å². The van der Waals surface area contributed by atoms with Crippen molar-refractivity contribution in [3.63, 3.8) is 0 Å². The molecule has 0 saturated carbocycles. The molecular weight excluding hydrogens is 376 g/mol. The lowest BCUT2D eigenvalue weighted by molar-refractivity contribution is -0.0586. The second-order valence-corrected chi connectivity index (χ2v) is 8.20. The number of fused-ring (bicyclic) bond motifs is 3. The zero-order valence-electron chi connectivity index (χ0n) is 17.2. The second kappa shape index (κ2) is 7.26. The molecule has 2 aliphatic rings. The number of ether oxygens (including phenoxy) is 1. The fourth-order valence-electron chi connectivity index (χ4n) is 4.67. The quantitative estimate of drug-likeness (QED) is 0.514. The summed E-state index contributed by atoms with van der Waals surface area (Å²) in [6, 6.07) is 19.3. The van der Waals surface area contributed by atoms with Gasteiger partial charge in [-0.05, 0) is 31.0 Å². The van der Waals surface area contributed by atoms with E-state index in [1.807, 2.05) is 73.3 Å². The molecule has 0 bridgehead atoms. The van der Waals surface area contributed by atoms with Crippen molar-refractivity contribution in [2.75, 3.05) is 13.1 Å². The Bertz CT molecular complexity index is 1170. The minimum Gasteiger partial charge on any atom is -0.372 e. The van der Waals surface area contributed by atoms with Gasteiger partial charge < -0.3 is 14.2 Å². The maximum absolute atomic E-state index is 13.7. The number of aromatic nitrogens is 1. The fraction of sp³-hybridized carbons (Fsp3) is 0.280. The van der Waals surface area contributed by atoms with Crippen LogP contribution in [0.1, 0.15) is 29.8 Å². The van der Waals surface area contributed by atoms with E-state index in [0.29, 0.717) is 30.8 Å². The van der Waals surface area contributed by atoms with Crippen molar-refractivity contribution < 1.29 is 9.53 Å². The number of carbonyl (C=O) groups excluding carboxylic acids is 1. The van der Waals surface area contributed by atoms with Crippen molar-refractivity contribution in [2.45, 2.75) is 32.6 Å². The van der Waals surface area contributed by atoms with Crippen LogP contribution < -0.4 is 5.56 Å². The molecule has 0 spiro atoms. The zero-order valence-corrected chi connectivity index (χ0v) is 17.2. The summed E-state index contributed by atoms with van der Waals surface area (Å²) in [7, 11) is 0. The number of hydrogen-bond donors (Lipinski definition) is 0. The molecule has 1 saturated heterocycles. The molecule has 0 N–H and O–H groups in total. The van der Waals surface area contributed by atoms with Crippen LogP contribution in [0.25, 0.3) is 22.4 Å². The standard InChI is InChI=1S/C25H24N2O3/c1-16-13-26(14-17(2)30-16)24(28)22-12-21(18-8-4-3-5-9-18)25(29)27-15-19-10-6-7-11-20(19)23(22)27/h3-12,16-17H,13-15H2,1-2H3/t16-,17+. The second-order valence-electron chi connectivity index (χ2n) is 8.20. The van der Waals surface area contributed by atoms with Gasteiger partial charge in [-0.3, -0.25) is 9.59 Å². The summed E-state index contributed by atoms with van der Waals surface area (Å²) in [5, 5.41) is 0. The molecule has 152 valence electrons. The molecule has 0 aliphatic carbocycles. The number of nitrogens with zero attached hydrogens (tertiary/aromatic N) is 2. The lowest BCUT2D eigenvalue weighted by Crippen LogP contribution is -2.48. The van der Waals surface area contributed by atoms with Crippen LogP contribution in [-0.2, 0) is 11.3 Å².